The van der Waals surface area contributed by atoms with E-state index < -0.39 is 17.4 Å². The molecule has 2 aromatic rings. The molecule has 1 amide bonds. The summed E-state index contributed by atoms with van der Waals surface area (Å²) in [7, 11) is 1.81. The zero-order valence-corrected chi connectivity index (χ0v) is 14.2. The summed E-state index contributed by atoms with van der Waals surface area (Å²) >= 11 is 0. The molecule has 0 unspecified atom stereocenters. The van der Waals surface area contributed by atoms with Gasteiger partial charge in [-0.05, 0) is 32.8 Å². The molecule has 2 aromatic heterocycles. The van der Waals surface area contributed by atoms with Gasteiger partial charge in [-0.3, -0.25) is 14.3 Å². The fourth-order valence-corrected chi connectivity index (χ4v) is 3.64. The number of fused-ring (bicyclic) bond motifs is 1. The normalized spacial score (nSPS) is 24.0. The number of hydrogen-bond donors (Lipinski definition) is 2. The lowest BCUT2D eigenvalue weighted by Crippen LogP contribution is -2.55. The molecule has 1 aliphatic carbocycles. The molecule has 0 bridgehead atoms. The van der Waals surface area contributed by atoms with E-state index >= 15 is 0 Å². The Kier molecular flexibility index (Phi) is 4.03. The van der Waals surface area contributed by atoms with Crippen LogP contribution in [0.15, 0.2) is 12.3 Å². The van der Waals surface area contributed by atoms with E-state index in [2.05, 4.69) is 15.4 Å². The molecule has 0 saturated heterocycles. The smallest absolute Gasteiger partial charge is 0.308 e. The highest BCUT2D eigenvalue weighted by Crippen LogP contribution is 2.34. The number of carboxylic acids is 1. The maximum atomic E-state index is 12.7. The van der Waals surface area contributed by atoms with Crippen molar-refractivity contribution < 1.29 is 14.7 Å². The standard InChI is InChI=1S/C17H22N4O3/c1-10-12-8-11(9-18-14(12)21(3)20-10)15(22)19-17(2)7-5-4-6-13(17)16(23)24/h8-9,13H,4-7H2,1-3H3,(H,19,22)(H,23,24)/t13-,17+/m0/s1. The maximum absolute atomic E-state index is 12.7. The molecule has 24 heavy (non-hydrogen) atoms. The average Bonchev–Trinajstić information content (AvgIpc) is 2.81. The van der Waals surface area contributed by atoms with Crippen LogP contribution in [0.2, 0.25) is 0 Å². The molecule has 2 N–H and O–H groups in total. The summed E-state index contributed by atoms with van der Waals surface area (Å²) in [5.74, 6) is -1.70. The SMILES string of the molecule is Cc1nn(C)c2ncc(C(=O)N[C@]3(C)CCCC[C@H]3C(=O)O)cc12. The summed E-state index contributed by atoms with van der Waals surface area (Å²) in [6.07, 6.45) is 4.56. The first-order chi connectivity index (χ1) is 11.3. The molecule has 0 aromatic carbocycles. The molecule has 0 aliphatic heterocycles. The summed E-state index contributed by atoms with van der Waals surface area (Å²) in [4.78, 5) is 28.5. The van der Waals surface area contributed by atoms with Crippen LogP contribution in [0.4, 0.5) is 0 Å². The Labute approximate surface area is 140 Å². The Hall–Kier alpha value is -2.44. The minimum Gasteiger partial charge on any atom is -0.481 e. The first-order valence-electron chi connectivity index (χ1n) is 8.16. The molecule has 7 heteroatoms. The lowest BCUT2D eigenvalue weighted by atomic mass is 9.74. The quantitative estimate of drug-likeness (QED) is 0.897. The molecule has 7 nitrogen and oxygen atoms in total. The molecular formula is C17H22N4O3. The number of carbonyl (C=O) groups is 2. The highest BCUT2D eigenvalue weighted by molar-refractivity contribution is 5.98. The van der Waals surface area contributed by atoms with E-state index in [1.807, 2.05) is 20.9 Å². The molecule has 1 aliphatic rings. The van der Waals surface area contributed by atoms with E-state index in [9.17, 15) is 14.7 Å². The monoisotopic (exact) mass is 330 g/mol. The second-order valence-electron chi connectivity index (χ2n) is 6.81. The van der Waals surface area contributed by atoms with Crippen LogP contribution in [0.1, 0.15) is 48.7 Å². The number of nitrogens with zero attached hydrogens (tertiary/aromatic N) is 3. The van der Waals surface area contributed by atoms with Crippen molar-refractivity contribution in [1.29, 1.82) is 0 Å². The second-order valence-corrected chi connectivity index (χ2v) is 6.81. The van der Waals surface area contributed by atoms with Crippen molar-refractivity contribution in [3.05, 3.63) is 23.5 Å². The Balaban J connectivity index is 1.88. The number of hydrogen-bond acceptors (Lipinski definition) is 4. The van der Waals surface area contributed by atoms with Crippen LogP contribution in [0.3, 0.4) is 0 Å². The first kappa shape index (κ1) is 16.4. The van der Waals surface area contributed by atoms with Gasteiger partial charge in [-0.1, -0.05) is 12.8 Å². The fourth-order valence-electron chi connectivity index (χ4n) is 3.64. The van der Waals surface area contributed by atoms with Crippen LogP contribution < -0.4 is 5.32 Å². The van der Waals surface area contributed by atoms with Gasteiger partial charge in [0.15, 0.2) is 5.65 Å². The van der Waals surface area contributed by atoms with Crippen LogP contribution >= 0.6 is 0 Å². The van der Waals surface area contributed by atoms with E-state index in [0.717, 1.165) is 29.6 Å². The van der Waals surface area contributed by atoms with Crippen molar-refractivity contribution in [3.63, 3.8) is 0 Å². The third-order valence-corrected chi connectivity index (χ3v) is 5.03. The van der Waals surface area contributed by atoms with E-state index in [1.54, 1.807) is 10.7 Å². The predicted octanol–water partition coefficient (Wildman–Crippen LogP) is 2.04. The molecule has 1 fully saturated rings. The van der Waals surface area contributed by atoms with Crippen LogP contribution in [0.5, 0.6) is 0 Å². The number of aliphatic carboxylic acids is 1. The minimum absolute atomic E-state index is 0.289. The van der Waals surface area contributed by atoms with E-state index in [-0.39, 0.29) is 5.91 Å². The number of nitrogens with one attached hydrogen (secondary N) is 1. The summed E-state index contributed by atoms with van der Waals surface area (Å²) in [6.45, 7) is 3.69. The van der Waals surface area contributed by atoms with Crippen molar-refractivity contribution >= 4 is 22.9 Å². The van der Waals surface area contributed by atoms with Crippen LogP contribution in [-0.4, -0.2) is 37.3 Å². The Morgan fingerprint density at radius 1 is 1.42 bits per heavy atom. The number of amides is 1. The van der Waals surface area contributed by atoms with Crippen LogP contribution in [-0.2, 0) is 11.8 Å². The maximum Gasteiger partial charge on any atom is 0.308 e. The zero-order chi connectivity index (χ0) is 17.5. The first-order valence-corrected chi connectivity index (χ1v) is 8.16. The third-order valence-electron chi connectivity index (χ3n) is 5.03. The number of aromatic nitrogens is 3. The molecular weight excluding hydrogens is 308 g/mol. The topological polar surface area (TPSA) is 97.1 Å². The van der Waals surface area contributed by atoms with E-state index in [4.69, 9.17) is 0 Å². The molecule has 0 radical (unpaired) electrons. The lowest BCUT2D eigenvalue weighted by molar-refractivity contribution is -0.145. The van der Waals surface area contributed by atoms with E-state index in [0.29, 0.717) is 18.4 Å². The van der Waals surface area contributed by atoms with Gasteiger partial charge in [0, 0.05) is 18.6 Å². The minimum atomic E-state index is -0.853. The Bertz CT molecular complexity index is 814. The van der Waals surface area contributed by atoms with Crippen molar-refractivity contribution in [2.75, 3.05) is 0 Å². The van der Waals surface area contributed by atoms with Gasteiger partial charge in [0.25, 0.3) is 5.91 Å². The second kappa shape index (κ2) is 5.89. The number of pyridine rings is 1. The average molecular weight is 330 g/mol. The van der Waals surface area contributed by atoms with Gasteiger partial charge in [0.1, 0.15) is 0 Å². The highest BCUT2D eigenvalue weighted by atomic mass is 16.4. The van der Waals surface area contributed by atoms with Crippen molar-refractivity contribution in [1.82, 2.24) is 20.1 Å². The summed E-state index contributed by atoms with van der Waals surface area (Å²) in [5, 5.41) is 17.5. The Morgan fingerprint density at radius 3 is 2.88 bits per heavy atom. The highest BCUT2D eigenvalue weighted by Gasteiger charge is 2.42. The molecule has 0 spiro atoms. The van der Waals surface area contributed by atoms with Crippen molar-refractivity contribution in [3.8, 4) is 0 Å². The van der Waals surface area contributed by atoms with Gasteiger partial charge >= 0.3 is 5.97 Å². The van der Waals surface area contributed by atoms with Gasteiger partial charge in [-0.2, -0.15) is 5.10 Å². The summed E-state index contributed by atoms with van der Waals surface area (Å²) in [5.41, 5.74) is 1.22. The largest absolute Gasteiger partial charge is 0.481 e. The lowest BCUT2D eigenvalue weighted by Gasteiger charge is -2.39. The number of aryl methyl sites for hydroxylation is 2. The van der Waals surface area contributed by atoms with Gasteiger partial charge < -0.3 is 10.4 Å². The van der Waals surface area contributed by atoms with Gasteiger partial charge in [0.2, 0.25) is 0 Å². The van der Waals surface area contributed by atoms with Gasteiger partial charge in [-0.15, -0.1) is 0 Å². The van der Waals surface area contributed by atoms with Crippen LogP contribution in [0.25, 0.3) is 11.0 Å². The van der Waals surface area contributed by atoms with Crippen molar-refractivity contribution in [2.45, 2.75) is 45.1 Å². The number of carboxylic acid groups (broad SMARTS) is 1. The number of carbonyl (C=O) groups excluding carboxylic acids is 1. The third kappa shape index (κ3) is 2.74. The van der Waals surface area contributed by atoms with E-state index in [1.165, 1.54) is 6.20 Å². The molecule has 1 saturated carbocycles. The predicted molar refractivity (Wildman–Crippen MR) is 88.7 cm³/mol. The Morgan fingerprint density at radius 2 is 2.17 bits per heavy atom. The summed E-state index contributed by atoms with van der Waals surface area (Å²) in [6, 6.07) is 1.77. The molecule has 2 atom stereocenters. The van der Waals surface area contributed by atoms with Gasteiger partial charge in [0.05, 0.1) is 22.7 Å². The van der Waals surface area contributed by atoms with Gasteiger partial charge in [-0.25, -0.2) is 4.98 Å². The summed E-state index contributed by atoms with van der Waals surface area (Å²) < 4.78 is 1.68. The molecule has 3 rings (SSSR count). The van der Waals surface area contributed by atoms with Crippen LogP contribution in [0, 0.1) is 12.8 Å². The fraction of sp³-hybridized carbons (Fsp3) is 0.529. The molecule has 128 valence electrons. The number of rotatable bonds is 3. The van der Waals surface area contributed by atoms with Crippen molar-refractivity contribution in [2.24, 2.45) is 13.0 Å². The zero-order valence-electron chi connectivity index (χ0n) is 14.2. The molecule has 2 heterocycles.